The van der Waals surface area contributed by atoms with Gasteiger partial charge in [-0.1, -0.05) is 0 Å². The number of esters is 1. The zero-order valence-electron chi connectivity index (χ0n) is 10.8. The highest BCUT2D eigenvalue weighted by molar-refractivity contribution is 5.76. The number of cyclic esters (lactones) is 1. The molecule has 3 rings (SSSR count). The first-order valence-electron chi connectivity index (χ1n) is 6.68. The second-order valence-electron chi connectivity index (χ2n) is 5.11. The lowest BCUT2D eigenvalue weighted by molar-refractivity contribution is -0.143. The predicted octanol–water partition coefficient (Wildman–Crippen LogP) is 1.91. The van der Waals surface area contributed by atoms with Gasteiger partial charge in [0.05, 0.1) is 6.61 Å². The number of carbonyl (C=O) groups is 1. The summed E-state index contributed by atoms with van der Waals surface area (Å²) < 4.78 is 37.6. The zero-order valence-corrected chi connectivity index (χ0v) is 10.8. The van der Waals surface area contributed by atoms with Crippen molar-refractivity contribution in [1.29, 1.82) is 0 Å². The number of halogens is 2. The summed E-state index contributed by atoms with van der Waals surface area (Å²) in [5.74, 6) is -2.68. The van der Waals surface area contributed by atoms with Gasteiger partial charge in [-0.05, 0) is 30.5 Å². The third kappa shape index (κ3) is 2.90. The third-order valence-electron chi connectivity index (χ3n) is 3.38. The van der Waals surface area contributed by atoms with Crippen molar-refractivity contribution in [3.63, 3.8) is 0 Å². The number of ether oxygens (including phenoxy) is 2. The minimum absolute atomic E-state index is 0.218. The fraction of sp³-hybridized carbons (Fsp3) is 0.500. The standard InChI is InChI=1S/C14H15F2NO3/c15-10-5-8(7-17-9-1-2-9)6-11(16)13(10)20-12-3-4-19-14(12)18/h5-6,9,12,17H,1-4,7H2. The molecular weight excluding hydrogens is 268 g/mol. The lowest BCUT2D eigenvalue weighted by Gasteiger charge is -2.13. The average Bonchev–Trinajstić information content (AvgIpc) is 3.15. The van der Waals surface area contributed by atoms with Crippen molar-refractivity contribution in [3.8, 4) is 5.75 Å². The van der Waals surface area contributed by atoms with Crippen LogP contribution in [0.4, 0.5) is 8.78 Å². The molecule has 0 bridgehead atoms. The number of rotatable bonds is 5. The number of hydrogen-bond acceptors (Lipinski definition) is 4. The van der Waals surface area contributed by atoms with Crippen LogP contribution in [0.5, 0.6) is 5.75 Å². The predicted molar refractivity (Wildman–Crippen MR) is 66.2 cm³/mol. The summed E-state index contributed by atoms with van der Waals surface area (Å²) in [6.45, 7) is 0.639. The molecule has 1 saturated carbocycles. The first-order chi connectivity index (χ1) is 9.63. The molecule has 1 heterocycles. The van der Waals surface area contributed by atoms with Crippen LogP contribution in [0.15, 0.2) is 12.1 Å². The Labute approximate surface area is 115 Å². The van der Waals surface area contributed by atoms with E-state index in [9.17, 15) is 13.6 Å². The Balaban J connectivity index is 1.71. The van der Waals surface area contributed by atoms with E-state index < -0.39 is 29.5 Å². The molecule has 0 spiro atoms. The lowest BCUT2D eigenvalue weighted by atomic mass is 10.2. The van der Waals surface area contributed by atoms with Gasteiger partial charge in [0.15, 0.2) is 23.5 Å². The highest BCUT2D eigenvalue weighted by Crippen LogP contribution is 2.27. The summed E-state index contributed by atoms with van der Waals surface area (Å²) in [6, 6.07) is 2.92. The maximum Gasteiger partial charge on any atom is 0.347 e. The minimum Gasteiger partial charge on any atom is -0.472 e. The molecule has 2 aliphatic rings. The van der Waals surface area contributed by atoms with Gasteiger partial charge >= 0.3 is 5.97 Å². The van der Waals surface area contributed by atoms with Crippen LogP contribution in [-0.4, -0.2) is 24.7 Å². The monoisotopic (exact) mass is 283 g/mol. The van der Waals surface area contributed by atoms with Gasteiger partial charge in [-0.25, -0.2) is 13.6 Å². The molecule has 20 heavy (non-hydrogen) atoms. The molecule has 6 heteroatoms. The summed E-state index contributed by atoms with van der Waals surface area (Å²) >= 11 is 0. The van der Waals surface area contributed by atoms with Gasteiger partial charge in [-0.2, -0.15) is 0 Å². The maximum absolute atomic E-state index is 13.9. The first kappa shape index (κ1) is 13.3. The molecular formula is C14H15F2NO3. The van der Waals surface area contributed by atoms with Gasteiger partial charge in [0, 0.05) is 19.0 Å². The fourth-order valence-electron chi connectivity index (χ4n) is 2.10. The number of benzene rings is 1. The van der Waals surface area contributed by atoms with Crippen LogP contribution >= 0.6 is 0 Å². The van der Waals surface area contributed by atoms with Crippen LogP contribution < -0.4 is 10.1 Å². The molecule has 0 aromatic heterocycles. The van der Waals surface area contributed by atoms with Crippen molar-refractivity contribution in [3.05, 3.63) is 29.3 Å². The molecule has 0 amide bonds. The second-order valence-corrected chi connectivity index (χ2v) is 5.11. The summed E-state index contributed by atoms with van der Waals surface area (Å²) in [5.41, 5.74) is 0.522. The van der Waals surface area contributed by atoms with E-state index in [0.717, 1.165) is 12.8 Å². The molecule has 2 fully saturated rings. The van der Waals surface area contributed by atoms with E-state index in [1.165, 1.54) is 12.1 Å². The van der Waals surface area contributed by atoms with Gasteiger partial charge in [0.25, 0.3) is 0 Å². The summed E-state index contributed by atoms with van der Waals surface area (Å²) in [7, 11) is 0. The highest BCUT2D eigenvalue weighted by Gasteiger charge is 2.30. The lowest BCUT2D eigenvalue weighted by Crippen LogP contribution is -2.23. The van der Waals surface area contributed by atoms with E-state index in [0.29, 0.717) is 24.6 Å². The molecule has 1 atom stereocenters. The molecule has 1 aliphatic carbocycles. The number of hydrogen-bond donors (Lipinski definition) is 1. The van der Waals surface area contributed by atoms with Crippen LogP contribution in [0.2, 0.25) is 0 Å². The summed E-state index contributed by atoms with van der Waals surface area (Å²) in [5, 5.41) is 3.18. The largest absolute Gasteiger partial charge is 0.472 e. The third-order valence-corrected chi connectivity index (χ3v) is 3.38. The molecule has 4 nitrogen and oxygen atoms in total. The second kappa shape index (κ2) is 5.36. The van der Waals surface area contributed by atoms with Gasteiger partial charge in [0.1, 0.15) is 0 Å². The van der Waals surface area contributed by atoms with Crippen LogP contribution in [0.1, 0.15) is 24.8 Å². The fourth-order valence-corrected chi connectivity index (χ4v) is 2.10. The first-order valence-corrected chi connectivity index (χ1v) is 6.68. The van der Waals surface area contributed by atoms with Crippen molar-refractivity contribution >= 4 is 5.97 Å². The van der Waals surface area contributed by atoms with Crippen molar-refractivity contribution < 1.29 is 23.0 Å². The van der Waals surface area contributed by atoms with E-state index >= 15 is 0 Å². The smallest absolute Gasteiger partial charge is 0.347 e. The highest BCUT2D eigenvalue weighted by atomic mass is 19.1. The normalized spacial score (nSPS) is 21.9. The number of nitrogens with one attached hydrogen (secondary N) is 1. The van der Waals surface area contributed by atoms with Gasteiger partial charge < -0.3 is 14.8 Å². The van der Waals surface area contributed by atoms with Crippen molar-refractivity contribution in [1.82, 2.24) is 5.32 Å². The van der Waals surface area contributed by atoms with Crippen LogP contribution in [0.3, 0.4) is 0 Å². The van der Waals surface area contributed by atoms with Crippen LogP contribution in [-0.2, 0) is 16.1 Å². The van der Waals surface area contributed by atoms with Crippen LogP contribution in [0.25, 0.3) is 0 Å². The van der Waals surface area contributed by atoms with Gasteiger partial charge in [-0.15, -0.1) is 0 Å². The molecule has 1 saturated heterocycles. The molecule has 1 aromatic rings. The molecule has 1 N–H and O–H groups in total. The zero-order chi connectivity index (χ0) is 14.1. The summed E-state index contributed by atoms with van der Waals surface area (Å²) in [6.07, 6.45) is 1.60. The van der Waals surface area contributed by atoms with E-state index in [1.807, 2.05) is 0 Å². The summed E-state index contributed by atoms with van der Waals surface area (Å²) in [4.78, 5) is 11.3. The van der Waals surface area contributed by atoms with E-state index in [-0.39, 0.29) is 6.61 Å². The van der Waals surface area contributed by atoms with Gasteiger partial charge in [-0.3, -0.25) is 0 Å². The average molecular weight is 283 g/mol. The Hall–Kier alpha value is -1.69. The van der Waals surface area contributed by atoms with Gasteiger partial charge in [0.2, 0.25) is 0 Å². The minimum atomic E-state index is -0.922. The molecule has 0 radical (unpaired) electrons. The molecule has 1 aliphatic heterocycles. The molecule has 1 aromatic carbocycles. The SMILES string of the molecule is O=C1OCCC1Oc1c(F)cc(CNC2CC2)cc1F. The van der Waals surface area contributed by atoms with E-state index in [1.54, 1.807) is 0 Å². The quantitative estimate of drug-likeness (QED) is 0.839. The Bertz CT molecular complexity index is 508. The Kier molecular flexibility index (Phi) is 3.56. The Morgan fingerprint density at radius 3 is 2.50 bits per heavy atom. The van der Waals surface area contributed by atoms with Crippen molar-refractivity contribution in [2.45, 2.75) is 38.0 Å². The Morgan fingerprint density at radius 2 is 1.95 bits per heavy atom. The van der Waals surface area contributed by atoms with E-state index in [4.69, 9.17) is 9.47 Å². The van der Waals surface area contributed by atoms with Crippen LogP contribution in [0, 0.1) is 11.6 Å². The van der Waals surface area contributed by atoms with Crippen molar-refractivity contribution in [2.24, 2.45) is 0 Å². The van der Waals surface area contributed by atoms with E-state index in [2.05, 4.69) is 5.32 Å². The maximum atomic E-state index is 13.9. The van der Waals surface area contributed by atoms with Crippen molar-refractivity contribution in [2.75, 3.05) is 6.61 Å². The topological polar surface area (TPSA) is 47.6 Å². The molecule has 1 unspecified atom stereocenters. The number of carbonyl (C=O) groups excluding carboxylic acids is 1. The Morgan fingerprint density at radius 1 is 1.25 bits per heavy atom. The molecule has 108 valence electrons.